The highest BCUT2D eigenvalue weighted by atomic mass is 16.5. The molecule has 1 aromatic heterocycles. The summed E-state index contributed by atoms with van der Waals surface area (Å²) >= 11 is 0. The highest BCUT2D eigenvalue weighted by Crippen LogP contribution is 2.30. The molecule has 0 fully saturated rings. The van der Waals surface area contributed by atoms with E-state index >= 15 is 0 Å². The minimum Gasteiger partial charge on any atom is -0.460 e. The van der Waals surface area contributed by atoms with Crippen LogP contribution in [0.25, 0.3) is 0 Å². The molecule has 0 aliphatic carbocycles. The van der Waals surface area contributed by atoms with Gasteiger partial charge >= 0.3 is 5.97 Å². The Kier molecular flexibility index (Phi) is 3.69. The van der Waals surface area contributed by atoms with Crippen LogP contribution in [-0.2, 0) is 4.74 Å². The predicted octanol–water partition coefficient (Wildman–Crippen LogP) is 2.21. The maximum absolute atomic E-state index is 12.4. The zero-order valence-electron chi connectivity index (χ0n) is 12.6. The quantitative estimate of drug-likeness (QED) is 0.635. The number of amides is 2. The van der Waals surface area contributed by atoms with E-state index in [1.54, 1.807) is 38.1 Å². The van der Waals surface area contributed by atoms with Gasteiger partial charge in [-0.05, 0) is 26.0 Å². The van der Waals surface area contributed by atoms with Crippen LogP contribution in [0.2, 0.25) is 0 Å². The molecule has 0 bridgehead atoms. The fourth-order valence-corrected chi connectivity index (χ4v) is 2.45. The number of hydrogen-bond acceptors (Lipinski definition) is 6. The number of aromatic nitrogens is 1. The first-order chi connectivity index (χ1) is 11.0. The molecular weight excluding hydrogens is 300 g/mol. The summed E-state index contributed by atoms with van der Waals surface area (Å²) in [6.07, 6.45) is 1.22. The number of esters is 1. The van der Waals surface area contributed by atoms with E-state index in [1.807, 2.05) is 0 Å². The molecule has 3 rings (SSSR count). The van der Waals surface area contributed by atoms with Gasteiger partial charge in [0.15, 0.2) is 0 Å². The number of benzene rings is 1. The molecule has 1 aromatic carbocycles. The Labute approximate surface area is 131 Å². The molecule has 0 saturated carbocycles. The van der Waals surface area contributed by atoms with Crippen LogP contribution in [0, 0.1) is 0 Å². The van der Waals surface area contributed by atoms with Gasteiger partial charge in [0.2, 0.25) is 11.7 Å². The summed E-state index contributed by atoms with van der Waals surface area (Å²) in [6, 6.07) is 5.86. The number of nitrogens with zero attached hydrogens (tertiary/aromatic N) is 2. The van der Waals surface area contributed by atoms with Gasteiger partial charge in [-0.3, -0.25) is 14.5 Å². The zero-order chi connectivity index (χ0) is 16.6. The lowest BCUT2D eigenvalue weighted by molar-refractivity contribution is 0.0483. The first-order valence-corrected chi connectivity index (χ1v) is 7.14. The minimum atomic E-state index is -0.731. The van der Waals surface area contributed by atoms with E-state index in [-0.39, 0.29) is 18.3 Å². The van der Waals surface area contributed by atoms with E-state index in [4.69, 9.17) is 9.15 Å². The van der Waals surface area contributed by atoms with Crippen LogP contribution in [-0.4, -0.2) is 34.3 Å². The summed E-state index contributed by atoms with van der Waals surface area (Å²) in [6.45, 7) is 3.50. The van der Waals surface area contributed by atoms with Crippen molar-refractivity contribution in [2.75, 3.05) is 6.61 Å². The molecule has 0 N–H and O–H groups in total. The Morgan fingerprint density at radius 2 is 1.87 bits per heavy atom. The predicted molar refractivity (Wildman–Crippen MR) is 77.8 cm³/mol. The first-order valence-electron chi connectivity index (χ1n) is 7.14. The standard InChI is InChI=1S/C16H14N2O5/c1-3-22-16(21)12-8-17-13(23-12)9(2)18-14(19)10-6-4-5-7-11(10)15(18)20/h4-9H,3H2,1-2H3. The van der Waals surface area contributed by atoms with Gasteiger partial charge in [-0.2, -0.15) is 0 Å². The molecule has 0 radical (unpaired) electrons. The monoisotopic (exact) mass is 314 g/mol. The van der Waals surface area contributed by atoms with E-state index in [0.29, 0.717) is 11.1 Å². The summed E-state index contributed by atoms with van der Waals surface area (Å²) < 4.78 is 10.2. The highest BCUT2D eigenvalue weighted by Gasteiger charge is 2.40. The van der Waals surface area contributed by atoms with Gasteiger partial charge in [-0.25, -0.2) is 9.78 Å². The van der Waals surface area contributed by atoms with Crippen molar-refractivity contribution in [1.29, 1.82) is 0 Å². The van der Waals surface area contributed by atoms with Crippen LogP contribution in [0.4, 0.5) is 0 Å². The largest absolute Gasteiger partial charge is 0.460 e. The second-order valence-electron chi connectivity index (χ2n) is 4.99. The number of fused-ring (bicyclic) bond motifs is 1. The molecule has 2 amide bonds. The van der Waals surface area contributed by atoms with Crippen LogP contribution in [0.15, 0.2) is 34.9 Å². The fourth-order valence-electron chi connectivity index (χ4n) is 2.45. The Morgan fingerprint density at radius 1 is 1.26 bits per heavy atom. The number of oxazole rings is 1. The number of carbonyl (C=O) groups is 3. The molecule has 2 aromatic rings. The van der Waals surface area contributed by atoms with Gasteiger partial charge in [0.25, 0.3) is 11.8 Å². The van der Waals surface area contributed by atoms with Gasteiger partial charge in [0.1, 0.15) is 6.04 Å². The molecule has 2 heterocycles. The lowest BCUT2D eigenvalue weighted by Crippen LogP contribution is -2.32. The highest BCUT2D eigenvalue weighted by molar-refractivity contribution is 6.21. The van der Waals surface area contributed by atoms with Crippen molar-refractivity contribution in [2.24, 2.45) is 0 Å². The van der Waals surface area contributed by atoms with Crippen LogP contribution >= 0.6 is 0 Å². The number of carbonyl (C=O) groups excluding carboxylic acids is 3. The lowest BCUT2D eigenvalue weighted by atomic mass is 10.1. The average molecular weight is 314 g/mol. The van der Waals surface area contributed by atoms with Crippen molar-refractivity contribution in [3.8, 4) is 0 Å². The maximum Gasteiger partial charge on any atom is 0.375 e. The van der Waals surface area contributed by atoms with E-state index < -0.39 is 23.8 Å². The Hall–Kier alpha value is -2.96. The normalized spacial score (nSPS) is 14.8. The average Bonchev–Trinajstić information content (AvgIpc) is 3.13. The van der Waals surface area contributed by atoms with E-state index in [0.717, 1.165) is 4.90 Å². The Bertz CT molecular complexity index is 760. The number of imide groups is 1. The zero-order valence-corrected chi connectivity index (χ0v) is 12.6. The van der Waals surface area contributed by atoms with Gasteiger partial charge in [0, 0.05) is 0 Å². The molecule has 1 aliphatic rings. The summed E-state index contributed by atoms with van der Waals surface area (Å²) in [5.74, 6) is -1.42. The second-order valence-corrected chi connectivity index (χ2v) is 4.99. The van der Waals surface area contributed by atoms with E-state index in [1.165, 1.54) is 6.20 Å². The number of hydrogen-bond donors (Lipinski definition) is 0. The van der Waals surface area contributed by atoms with Crippen molar-refractivity contribution in [3.05, 3.63) is 53.2 Å². The summed E-state index contributed by atoms with van der Waals surface area (Å²) in [5.41, 5.74) is 0.697. The Balaban J connectivity index is 1.87. The van der Waals surface area contributed by atoms with Crippen molar-refractivity contribution in [3.63, 3.8) is 0 Å². The van der Waals surface area contributed by atoms with Crippen molar-refractivity contribution < 1.29 is 23.5 Å². The smallest absolute Gasteiger partial charge is 0.375 e. The van der Waals surface area contributed by atoms with Gasteiger partial charge in [-0.15, -0.1) is 0 Å². The van der Waals surface area contributed by atoms with Crippen molar-refractivity contribution in [2.45, 2.75) is 19.9 Å². The molecule has 1 atom stereocenters. The SMILES string of the molecule is CCOC(=O)c1cnc(C(C)N2C(=O)c3ccccc3C2=O)o1. The summed E-state index contributed by atoms with van der Waals surface area (Å²) in [7, 11) is 0. The summed E-state index contributed by atoms with van der Waals surface area (Å²) in [4.78, 5) is 41.5. The lowest BCUT2D eigenvalue weighted by Gasteiger charge is -2.19. The van der Waals surface area contributed by atoms with E-state index in [2.05, 4.69) is 4.98 Å². The molecule has 7 nitrogen and oxygen atoms in total. The van der Waals surface area contributed by atoms with E-state index in [9.17, 15) is 14.4 Å². The molecule has 118 valence electrons. The van der Waals surface area contributed by atoms with Crippen LogP contribution < -0.4 is 0 Å². The van der Waals surface area contributed by atoms with Gasteiger partial charge in [-0.1, -0.05) is 12.1 Å². The third-order valence-corrected chi connectivity index (χ3v) is 3.57. The maximum atomic E-state index is 12.4. The molecular formula is C16H14N2O5. The van der Waals surface area contributed by atoms with Crippen LogP contribution in [0.1, 0.15) is 57.1 Å². The number of ether oxygens (including phenoxy) is 1. The Morgan fingerprint density at radius 3 is 2.43 bits per heavy atom. The van der Waals surface area contributed by atoms with Crippen molar-refractivity contribution in [1.82, 2.24) is 9.88 Å². The summed E-state index contributed by atoms with van der Waals surface area (Å²) in [5, 5.41) is 0. The number of rotatable bonds is 4. The molecule has 0 spiro atoms. The van der Waals surface area contributed by atoms with Gasteiger partial charge in [0.05, 0.1) is 23.9 Å². The van der Waals surface area contributed by atoms with Crippen molar-refractivity contribution >= 4 is 17.8 Å². The van der Waals surface area contributed by atoms with Gasteiger partial charge < -0.3 is 9.15 Å². The first kappa shape index (κ1) is 15.0. The third-order valence-electron chi connectivity index (χ3n) is 3.57. The molecule has 0 saturated heterocycles. The topological polar surface area (TPSA) is 89.7 Å². The van der Waals surface area contributed by atoms with Crippen LogP contribution in [0.5, 0.6) is 0 Å². The minimum absolute atomic E-state index is 0.0645. The molecule has 23 heavy (non-hydrogen) atoms. The molecule has 1 unspecified atom stereocenters. The fraction of sp³-hybridized carbons (Fsp3) is 0.250. The second kappa shape index (κ2) is 5.68. The molecule has 7 heteroatoms. The third kappa shape index (κ3) is 2.40. The van der Waals surface area contributed by atoms with Crippen LogP contribution in [0.3, 0.4) is 0 Å². The molecule has 1 aliphatic heterocycles.